The van der Waals surface area contributed by atoms with Crippen LogP contribution in [-0.4, -0.2) is 22.0 Å². The van der Waals surface area contributed by atoms with Crippen molar-refractivity contribution in [2.75, 3.05) is 11.5 Å². The van der Waals surface area contributed by atoms with Gasteiger partial charge in [0.05, 0.1) is 6.04 Å². The van der Waals surface area contributed by atoms with Gasteiger partial charge in [0.25, 0.3) is 0 Å². The Kier molecular flexibility index (Phi) is 5.50. The molecular weight excluding hydrogens is 286 g/mol. The molecule has 1 aliphatic rings. The lowest BCUT2D eigenvalue weighted by Gasteiger charge is -2.35. The van der Waals surface area contributed by atoms with Gasteiger partial charge in [0.2, 0.25) is 0 Å². The lowest BCUT2D eigenvalue weighted by molar-refractivity contribution is 0.479. The van der Waals surface area contributed by atoms with Crippen LogP contribution in [0.15, 0.2) is 18.2 Å². The van der Waals surface area contributed by atoms with E-state index in [0.29, 0.717) is 10.8 Å². The average Bonchev–Trinajstić information content (AvgIpc) is 2.44. The predicted molar refractivity (Wildman–Crippen MR) is 79.2 cm³/mol. The Labute approximate surface area is 120 Å². The maximum atomic E-state index is 13.9. The number of nitrogens with two attached hydrogens (primary N) is 1. The summed E-state index contributed by atoms with van der Waals surface area (Å²) in [6.45, 7) is 2.12. The van der Waals surface area contributed by atoms with E-state index in [-0.39, 0.29) is 11.3 Å². The molecule has 0 saturated carbocycles. The minimum atomic E-state index is -0.432. The minimum Gasteiger partial charge on any atom is -0.271 e. The summed E-state index contributed by atoms with van der Waals surface area (Å²) in [6.07, 6.45) is 0.997. The second kappa shape index (κ2) is 6.92. The van der Waals surface area contributed by atoms with E-state index in [1.807, 2.05) is 11.8 Å². The number of hydrazine groups is 1. The first-order chi connectivity index (χ1) is 9.17. The molecule has 0 aromatic heterocycles. The van der Waals surface area contributed by atoms with E-state index in [1.165, 1.54) is 6.07 Å². The van der Waals surface area contributed by atoms with Crippen molar-refractivity contribution in [1.82, 2.24) is 5.43 Å². The molecule has 1 saturated heterocycles. The molecule has 1 aromatic carbocycles. The number of benzene rings is 1. The SMILES string of the molecule is CCC1SCCSC1C(NN)c1cc(F)ccc1F. The average molecular weight is 304 g/mol. The predicted octanol–water partition coefficient (Wildman–Crippen LogP) is 3.10. The zero-order chi connectivity index (χ0) is 13.8. The van der Waals surface area contributed by atoms with Crippen LogP contribution in [0.1, 0.15) is 24.9 Å². The summed E-state index contributed by atoms with van der Waals surface area (Å²) >= 11 is 3.67. The standard InChI is InChI=1S/C13H18F2N2S2/c1-2-11-13(19-6-5-18-11)12(17-16)9-7-8(14)3-4-10(9)15/h3-4,7,11-13,17H,2,5-6,16H2,1H3. The highest BCUT2D eigenvalue weighted by Crippen LogP contribution is 2.40. The topological polar surface area (TPSA) is 38.0 Å². The third-order valence-corrected chi connectivity index (χ3v) is 6.65. The Bertz CT molecular complexity index is 431. The molecule has 0 spiro atoms. The van der Waals surface area contributed by atoms with Crippen molar-refractivity contribution in [3.8, 4) is 0 Å². The number of hydrogen-bond acceptors (Lipinski definition) is 4. The zero-order valence-electron chi connectivity index (χ0n) is 10.7. The third-order valence-electron chi connectivity index (χ3n) is 3.30. The van der Waals surface area contributed by atoms with E-state index in [4.69, 9.17) is 5.84 Å². The largest absolute Gasteiger partial charge is 0.271 e. The Morgan fingerprint density at radius 2 is 2.11 bits per heavy atom. The van der Waals surface area contributed by atoms with Gasteiger partial charge in [-0.15, -0.1) is 0 Å². The quantitative estimate of drug-likeness (QED) is 0.662. The van der Waals surface area contributed by atoms with Crippen molar-refractivity contribution >= 4 is 23.5 Å². The molecule has 1 aromatic rings. The monoisotopic (exact) mass is 304 g/mol. The van der Waals surface area contributed by atoms with Gasteiger partial charge in [-0.1, -0.05) is 6.92 Å². The van der Waals surface area contributed by atoms with Crippen LogP contribution in [0.25, 0.3) is 0 Å². The third kappa shape index (κ3) is 3.42. The molecule has 0 aliphatic carbocycles. The highest BCUT2D eigenvalue weighted by Gasteiger charge is 2.33. The minimum absolute atomic E-state index is 0.157. The molecule has 0 amide bonds. The highest BCUT2D eigenvalue weighted by molar-refractivity contribution is 8.07. The van der Waals surface area contributed by atoms with E-state index in [2.05, 4.69) is 12.3 Å². The maximum Gasteiger partial charge on any atom is 0.128 e. The Balaban J connectivity index is 2.29. The van der Waals surface area contributed by atoms with Crippen LogP contribution >= 0.6 is 23.5 Å². The van der Waals surface area contributed by atoms with Gasteiger partial charge in [-0.05, 0) is 24.6 Å². The van der Waals surface area contributed by atoms with Gasteiger partial charge < -0.3 is 0 Å². The van der Waals surface area contributed by atoms with Gasteiger partial charge in [-0.25, -0.2) is 8.78 Å². The molecule has 3 N–H and O–H groups in total. The number of hydrogen-bond donors (Lipinski definition) is 2. The first kappa shape index (κ1) is 15.1. The number of nitrogens with one attached hydrogen (secondary N) is 1. The fraction of sp³-hybridized carbons (Fsp3) is 0.538. The van der Waals surface area contributed by atoms with Gasteiger partial charge in [-0.2, -0.15) is 23.5 Å². The fourth-order valence-corrected chi connectivity index (χ4v) is 5.58. The molecule has 6 heteroatoms. The first-order valence-corrected chi connectivity index (χ1v) is 8.41. The first-order valence-electron chi connectivity index (χ1n) is 6.31. The lowest BCUT2D eigenvalue weighted by Crippen LogP contribution is -2.42. The molecule has 106 valence electrons. The second-order valence-corrected chi connectivity index (χ2v) is 7.10. The van der Waals surface area contributed by atoms with Gasteiger partial charge in [-0.3, -0.25) is 11.3 Å². The fourth-order valence-electron chi connectivity index (χ4n) is 2.36. The second-order valence-electron chi connectivity index (χ2n) is 4.46. The summed E-state index contributed by atoms with van der Waals surface area (Å²) < 4.78 is 27.3. The van der Waals surface area contributed by atoms with Crippen molar-refractivity contribution in [2.45, 2.75) is 29.9 Å². The van der Waals surface area contributed by atoms with Crippen molar-refractivity contribution in [3.63, 3.8) is 0 Å². The van der Waals surface area contributed by atoms with Crippen LogP contribution in [0, 0.1) is 11.6 Å². The Morgan fingerprint density at radius 3 is 2.79 bits per heavy atom. The van der Waals surface area contributed by atoms with Crippen LogP contribution in [0.5, 0.6) is 0 Å². The molecule has 2 rings (SSSR count). The molecule has 3 unspecified atom stereocenters. The van der Waals surface area contributed by atoms with Crippen molar-refractivity contribution in [1.29, 1.82) is 0 Å². The van der Waals surface area contributed by atoms with Gasteiger partial charge in [0, 0.05) is 27.6 Å². The normalized spacial score (nSPS) is 25.3. The summed E-state index contributed by atoms with van der Waals surface area (Å²) in [5.74, 6) is 6.89. The number of thioether (sulfide) groups is 2. The van der Waals surface area contributed by atoms with Crippen molar-refractivity contribution < 1.29 is 8.78 Å². The van der Waals surface area contributed by atoms with E-state index in [0.717, 1.165) is 30.1 Å². The molecule has 19 heavy (non-hydrogen) atoms. The van der Waals surface area contributed by atoms with Crippen LogP contribution in [0.2, 0.25) is 0 Å². The molecular formula is C13H18F2N2S2. The highest BCUT2D eigenvalue weighted by atomic mass is 32.2. The van der Waals surface area contributed by atoms with Crippen LogP contribution in [-0.2, 0) is 0 Å². The molecule has 1 aliphatic heterocycles. The smallest absolute Gasteiger partial charge is 0.128 e. The van der Waals surface area contributed by atoms with Crippen molar-refractivity contribution in [2.24, 2.45) is 5.84 Å². The lowest BCUT2D eigenvalue weighted by atomic mass is 10.00. The Hall–Kier alpha value is -0.300. The number of halogens is 2. The zero-order valence-corrected chi connectivity index (χ0v) is 12.4. The maximum absolute atomic E-state index is 13.9. The van der Waals surface area contributed by atoms with Crippen LogP contribution < -0.4 is 11.3 Å². The summed E-state index contributed by atoms with van der Waals surface area (Å²) in [5.41, 5.74) is 3.00. The molecule has 1 fully saturated rings. The van der Waals surface area contributed by atoms with Crippen LogP contribution in [0.3, 0.4) is 0 Å². The molecule has 3 atom stereocenters. The molecule has 1 heterocycles. The molecule has 0 radical (unpaired) electrons. The van der Waals surface area contributed by atoms with Gasteiger partial charge >= 0.3 is 0 Å². The Morgan fingerprint density at radius 1 is 1.37 bits per heavy atom. The molecule has 2 nitrogen and oxygen atoms in total. The van der Waals surface area contributed by atoms with Gasteiger partial charge in [0.1, 0.15) is 11.6 Å². The summed E-state index contributed by atoms with van der Waals surface area (Å²) in [7, 11) is 0. The van der Waals surface area contributed by atoms with Crippen LogP contribution in [0.4, 0.5) is 8.78 Å². The van der Waals surface area contributed by atoms with E-state index in [9.17, 15) is 8.78 Å². The number of rotatable bonds is 4. The summed E-state index contributed by atoms with van der Waals surface area (Å²) in [6, 6.07) is 3.17. The molecule has 0 bridgehead atoms. The van der Waals surface area contributed by atoms with E-state index in [1.54, 1.807) is 11.8 Å². The van der Waals surface area contributed by atoms with Crippen molar-refractivity contribution in [3.05, 3.63) is 35.4 Å². The van der Waals surface area contributed by atoms with E-state index >= 15 is 0 Å². The summed E-state index contributed by atoms with van der Waals surface area (Å²) in [4.78, 5) is 0. The summed E-state index contributed by atoms with van der Waals surface area (Å²) in [5, 5.41) is 0.563. The van der Waals surface area contributed by atoms with E-state index < -0.39 is 11.6 Å². The van der Waals surface area contributed by atoms with Gasteiger partial charge in [0.15, 0.2) is 0 Å².